The lowest BCUT2D eigenvalue weighted by Gasteiger charge is -2.13. The van der Waals surface area contributed by atoms with Crippen LogP contribution in [0.1, 0.15) is 33.2 Å². The zero-order valence-electron chi connectivity index (χ0n) is 7.99. The molecule has 1 aromatic heterocycles. The van der Waals surface area contributed by atoms with Crippen LogP contribution in [0.5, 0.6) is 0 Å². The molecule has 0 amide bonds. The van der Waals surface area contributed by atoms with Crippen LogP contribution in [0.3, 0.4) is 0 Å². The third-order valence-electron chi connectivity index (χ3n) is 1.89. The minimum absolute atomic E-state index is 0.447. The molecule has 0 radical (unpaired) electrons. The van der Waals surface area contributed by atoms with Gasteiger partial charge in [-0.25, -0.2) is 0 Å². The fourth-order valence-corrected chi connectivity index (χ4v) is 1.39. The molecule has 1 rings (SSSR count). The molecule has 1 unspecified atom stereocenters. The largest absolute Gasteiger partial charge is 0.382 e. The number of hydrogen-bond donors (Lipinski definition) is 1. The van der Waals surface area contributed by atoms with E-state index in [0.29, 0.717) is 17.8 Å². The molecule has 1 aromatic rings. The van der Waals surface area contributed by atoms with Crippen molar-refractivity contribution >= 4 is 5.82 Å². The maximum absolute atomic E-state index is 5.52. The quantitative estimate of drug-likeness (QED) is 0.749. The zero-order chi connectivity index (χ0) is 9.14. The Morgan fingerprint density at radius 3 is 2.58 bits per heavy atom. The minimum atomic E-state index is 0.447. The summed E-state index contributed by atoms with van der Waals surface area (Å²) in [5.74, 6) is 1.30. The summed E-state index contributed by atoms with van der Waals surface area (Å²) in [5.41, 5.74) is 5.52. The number of aromatic nitrogens is 2. The average molecular weight is 167 g/mol. The Bertz CT molecular complexity index is 240. The zero-order valence-corrected chi connectivity index (χ0v) is 7.99. The molecule has 0 aromatic carbocycles. The number of nitrogen functional groups attached to an aromatic ring is 1. The number of anilines is 1. The van der Waals surface area contributed by atoms with Crippen LogP contribution in [-0.2, 0) is 0 Å². The molecule has 68 valence electrons. The number of rotatable bonds is 3. The Kier molecular flexibility index (Phi) is 2.74. The second-order valence-corrected chi connectivity index (χ2v) is 3.70. The van der Waals surface area contributed by atoms with E-state index in [4.69, 9.17) is 5.73 Å². The van der Waals surface area contributed by atoms with Crippen molar-refractivity contribution in [2.45, 2.75) is 33.2 Å². The lowest BCUT2D eigenvalue weighted by molar-refractivity contribution is 0.399. The first kappa shape index (κ1) is 9.10. The Labute approximate surface area is 73.6 Å². The van der Waals surface area contributed by atoms with Gasteiger partial charge in [-0.2, -0.15) is 5.10 Å². The number of hydrogen-bond acceptors (Lipinski definition) is 2. The van der Waals surface area contributed by atoms with Crippen LogP contribution in [0.25, 0.3) is 0 Å². The highest BCUT2D eigenvalue weighted by atomic mass is 15.3. The molecule has 0 saturated heterocycles. The molecule has 0 aliphatic carbocycles. The predicted octanol–water partition coefficient (Wildman–Crippen LogP) is 2.07. The first-order valence-corrected chi connectivity index (χ1v) is 4.40. The lowest BCUT2D eigenvalue weighted by Crippen LogP contribution is -2.08. The van der Waals surface area contributed by atoms with Crippen LogP contribution in [0.2, 0.25) is 0 Å². The summed E-state index contributed by atoms with van der Waals surface area (Å²) in [5, 5.41) is 4.16. The van der Waals surface area contributed by atoms with Crippen molar-refractivity contribution in [3.63, 3.8) is 0 Å². The molecule has 3 nitrogen and oxygen atoms in total. The highest BCUT2D eigenvalue weighted by Gasteiger charge is 2.07. The summed E-state index contributed by atoms with van der Waals surface area (Å²) in [7, 11) is 0. The SMILES string of the molecule is CC(C)CC(C)n1ccc(N)n1. The summed E-state index contributed by atoms with van der Waals surface area (Å²) in [4.78, 5) is 0. The van der Waals surface area contributed by atoms with Gasteiger partial charge >= 0.3 is 0 Å². The highest BCUT2D eigenvalue weighted by molar-refractivity contribution is 5.23. The third-order valence-corrected chi connectivity index (χ3v) is 1.89. The van der Waals surface area contributed by atoms with E-state index in [1.165, 1.54) is 0 Å². The van der Waals surface area contributed by atoms with Crippen LogP contribution >= 0.6 is 0 Å². The van der Waals surface area contributed by atoms with Crippen molar-refractivity contribution in [3.05, 3.63) is 12.3 Å². The average Bonchev–Trinajstić information content (AvgIpc) is 2.34. The molecule has 2 N–H and O–H groups in total. The van der Waals surface area contributed by atoms with Gasteiger partial charge in [0.05, 0.1) is 0 Å². The van der Waals surface area contributed by atoms with E-state index in [0.717, 1.165) is 6.42 Å². The lowest BCUT2D eigenvalue weighted by atomic mass is 10.1. The predicted molar refractivity (Wildman–Crippen MR) is 50.8 cm³/mol. The summed E-state index contributed by atoms with van der Waals surface area (Å²) in [6.07, 6.45) is 3.07. The van der Waals surface area contributed by atoms with Gasteiger partial charge < -0.3 is 5.73 Å². The van der Waals surface area contributed by atoms with Crippen molar-refractivity contribution in [2.24, 2.45) is 5.92 Å². The molecule has 0 aliphatic rings. The Morgan fingerprint density at radius 2 is 2.17 bits per heavy atom. The van der Waals surface area contributed by atoms with Gasteiger partial charge in [-0.1, -0.05) is 13.8 Å². The standard InChI is InChI=1S/C9H17N3/c1-7(2)6-8(3)12-5-4-9(10)11-12/h4-5,7-8H,6H2,1-3H3,(H2,10,11). The van der Waals surface area contributed by atoms with Crippen molar-refractivity contribution in [1.82, 2.24) is 9.78 Å². The molecule has 1 atom stereocenters. The Hall–Kier alpha value is -0.990. The topological polar surface area (TPSA) is 43.8 Å². The van der Waals surface area contributed by atoms with E-state index in [1.54, 1.807) is 0 Å². The van der Waals surface area contributed by atoms with Crippen LogP contribution in [0, 0.1) is 5.92 Å². The third kappa shape index (κ3) is 2.26. The van der Waals surface area contributed by atoms with Crippen LogP contribution in [0.4, 0.5) is 5.82 Å². The van der Waals surface area contributed by atoms with E-state index >= 15 is 0 Å². The van der Waals surface area contributed by atoms with Crippen molar-refractivity contribution in [2.75, 3.05) is 5.73 Å². The molecule has 0 fully saturated rings. The normalized spacial score (nSPS) is 13.7. The summed E-state index contributed by atoms with van der Waals surface area (Å²) in [6.45, 7) is 6.58. The van der Waals surface area contributed by atoms with Gasteiger partial charge in [-0.05, 0) is 25.3 Å². The van der Waals surface area contributed by atoms with Crippen molar-refractivity contribution < 1.29 is 0 Å². The number of nitrogens with two attached hydrogens (primary N) is 1. The van der Waals surface area contributed by atoms with Crippen LogP contribution in [-0.4, -0.2) is 9.78 Å². The van der Waals surface area contributed by atoms with Gasteiger partial charge in [0.25, 0.3) is 0 Å². The molecule has 0 spiro atoms. The monoisotopic (exact) mass is 167 g/mol. The second-order valence-electron chi connectivity index (χ2n) is 3.70. The second kappa shape index (κ2) is 3.61. The Balaban J connectivity index is 2.58. The minimum Gasteiger partial charge on any atom is -0.382 e. The molecule has 0 bridgehead atoms. The molecular formula is C9H17N3. The maximum atomic E-state index is 5.52. The molecule has 0 aliphatic heterocycles. The van der Waals surface area contributed by atoms with Gasteiger partial charge in [-0.3, -0.25) is 4.68 Å². The van der Waals surface area contributed by atoms with E-state index in [2.05, 4.69) is 25.9 Å². The summed E-state index contributed by atoms with van der Waals surface area (Å²) >= 11 is 0. The van der Waals surface area contributed by atoms with E-state index in [1.807, 2.05) is 16.9 Å². The van der Waals surface area contributed by atoms with Crippen LogP contribution in [0.15, 0.2) is 12.3 Å². The molecular weight excluding hydrogens is 150 g/mol. The van der Waals surface area contributed by atoms with E-state index in [-0.39, 0.29) is 0 Å². The van der Waals surface area contributed by atoms with Gasteiger partial charge in [0.2, 0.25) is 0 Å². The first-order valence-electron chi connectivity index (χ1n) is 4.40. The van der Waals surface area contributed by atoms with E-state index in [9.17, 15) is 0 Å². The molecule has 0 saturated carbocycles. The van der Waals surface area contributed by atoms with Gasteiger partial charge in [0.1, 0.15) is 5.82 Å². The van der Waals surface area contributed by atoms with Crippen molar-refractivity contribution in [1.29, 1.82) is 0 Å². The summed E-state index contributed by atoms with van der Waals surface area (Å²) in [6, 6.07) is 2.28. The number of nitrogens with zero attached hydrogens (tertiary/aromatic N) is 2. The fraction of sp³-hybridized carbons (Fsp3) is 0.667. The first-order chi connectivity index (χ1) is 5.59. The van der Waals surface area contributed by atoms with Crippen molar-refractivity contribution in [3.8, 4) is 0 Å². The van der Waals surface area contributed by atoms with Gasteiger partial charge in [0.15, 0.2) is 0 Å². The van der Waals surface area contributed by atoms with Gasteiger partial charge in [0, 0.05) is 12.2 Å². The fourth-order valence-electron chi connectivity index (χ4n) is 1.39. The maximum Gasteiger partial charge on any atom is 0.145 e. The van der Waals surface area contributed by atoms with Gasteiger partial charge in [-0.15, -0.1) is 0 Å². The van der Waals surface area contributed by atoms with E-state index < -0.39 is 0 Å². The summed E-state index contributed by atoms with van der Waals surface area (Å²) < 4.78 is 1.93. The van der Waals surface area contributed by atoms with Crippen LogP contribution < -0.4 is 5.73 Å². The smallest absolute Gasteiger partial charge is 0.145 e. The molecule has 3 heteroatoms. The Morgan fingerprint density at radius 1 is 1.50 bits per heavy atom. The molecule has 12 heavy (non-hydrogen) atoms. The highest BCUT2D eigenvalue weighted by Crippen LogP contribution is 2.16. The molecule has 1 heterocycles.